The molecule has 0 aromatic rings. The molecule has 0 aliphatic heterocycles. The summed E-state index contributed by atoms with van der Waals surface area (Å²) in [5.74, 6) is 0. The summed E-state index contributed by atoms with van der Waals surface area (Å²) in [5.41, 5.74) is 0. The van der Waals surface area contributed by atoms with Gasteiger partial charge in [0.15, 0.2) is 17.4 Å². The molecule has 0 saturated heterocycles. The summed E-state index contributed by atoms with van der Waals surface area (Å²) in [6.07, 6.45) is 0. The van der Waals surface area contributed by atoms with Crippen LogP contribution in [0.2, 0.25) is 0 Å². The van der Waals surface area contributed by atoms with Gasteiger partial charge in [-0.15, -0.1) is 0 Å². The SMILES string of the molecule is O=P(O)(O)O.[AlH3].[LiH].[SbH3]. The van der Waals surface area contributed by atoms with Crippen LogP contribution in [-0.2, 0) is 4.57 Å². The van der Waals surface area contributed by atoms with Crippen LogP contribution >= 0.6 is 7.82 Å². The predicted molar refractivity (Wildman–Crippen MR) is 41.3 cm³/mol. The average Bonchev–Trinajstić information content (AvgIpc) is 0.722. The van der Waals surface area contributed by atoms with E-state index < -0.39 is 7.82 Å². The van der Waals surface area contributed by atoms with Gasteiger partial charge >= 0.3 is 51.1 Å². The third-order valence-electron chi connectivity index (χ3n) is 0. The molecule has 0 heterocycles. The standard InChI is InChI=1S/Al.Li.H3O4P.Sb.7H/c;;1-5(2,3)4;;;;;;;;/h;;(H3,1,2,3,4);;;;;;;;. The minimum absolute atomic E-state index is 0. The molecule has 0 fully saturated rings. The summed E-state index contributed by atoms with van der Waals surface area (Å²) < 4.78 is 8.88. The quantitative estimate of drug-likeness (QED) is 0.307. The van der Waals surface area contributed by atoms with Crippen LogP contribution in [0.1, 0.15) is 0 Å². The molecule has 0 unspecified atom stereocenters. The van der Waals surface area contributed by atoms with Gasteiger partial charge in [-0.3, -0.25) is 0 Å². The molecule has 0 spiro atoms. The second-order valence-electron chi connectivity index (χ2n) is 0.513. The average molecular weight is 261 g/mol. The summed E-state index contributed by atoms with van der Waals surface area (Å²) in [5, 5.41) is 0. The van der Waals surface area contributed by atoms with E-state index in [1.807, 2.05) is 0 Å². The van der Waals surface area contributed by atoms with Crippen molar-refractivity contribution in [1.82, 2.24) is 0 Å². The first-order valence-electron chi connectivity index (χ1n) is 0.783. The van der Waals surface area contributed by atoms with Gasteiger partial charge in [0.25, 0.3) is 0 Å². The molecule has 0 bridgehead atoms. The van der Waals surface area contributed by atoms with E-state index >= 15 is 0 Å². The van der Waals surface area contributed by atoms with Crippen molar-refractivity contribution < 1.29 is 19.2 Å². The second-order valence-corrected chi connectivity index (χ2v) is 1.54. The summed E-state index contributed by atoms with van der Waals surface area (Å²) >= 11 is 0. The molecule has 4 nitrogen and oxygen atoms in total. The molecule has 8 heteroatoms. The van der Waals surface area contributed by atoms with Crippen LogP contribution in [0.15, 0.2) is 0 Å². The maximum absolute atomic E-state index is 8.88. The van der Waals surface area contributed by atoms with E-state index in [9.17, 15) is 0 Å². The first-order chi connectivity index (χ1) is 2.00. The zero-order valence-electron chi connectivity index (χ0n) is 2.90. The third-order valence-corrected chi connectivity index (χ3v) is 0. The molecule has 3 N–H and O–H groups in total. The van der Waals surface area contributed by atoms with E-state index in [0.717, 1.165) is 0 Å². The molecular weight excluding hydrogens is 251 g/mol. The molecule has 0 radical (unpaired) electrons. The Bertz CT molecular complexity index is 62.2. The van der Waals surface area contributed by atoms with E-state index in [0.29, 0.717) is 0 Å². The molecular formula is H10AlLiO4PSb. The van der Waals surface area contributed by atoms with E-state index in [-0.39, 0.29) is 60.6 Å². The van der Waals surface area contributed by atoms with Crippen LogP contribution in [0.25, 0.3) is 0 Å². The molecule has 0 saturated carbocycles. The van der Waals surface area contributed by atoms with Crippen molar-refractivity contribution in [3.05, 3.63) is 0 Å². The number of rotatable bonds is 0. The van der Waals surface area contributed by atoms with Gasteiger partial charge < -0.3 is 14.7 Å². The van der Waals surface area contributed by atoms with Crippen LogP contribution in [-0.4, -0.2) is 75.3 Å². The van der Waals surface area contributed by atoms with Crippen LogP contribution in [0, 0.1) is 0 Å². The van der Waals surface area contributed by atoms with Gasteiger partial charge in [-0.25, -0.2) is 4.57 Å². The first kappa shape index (κ1) is 22.5. The van der Waals surface area contributed by atoms with Crippen molar-refractivity contribution in [2.45, 2.75) is 0 Å². The summed E-state index contributed by atoms with van der Waals surface area (Å²) in [6, 6.07) is 0. The summed E-state index contributed by atoms with van der Waals surface area (Å²) in [7, 11) is -4.64. The molecule has 0 aliphatic rings. The third kappa shape index (κ3) is 94.8. The van der Waals surface area contributed by atoms with Crippen LogP contribution < -0.4 is 0 Å². The van der Waals surface area contributed by atoms with Gasteiger partial charge in [-0.1, -0.05) is 0 Å². The molecule has 48 valence electrons. The minimum atomic E-state index is -4.64. The van der Waals surface area contributed by atoms with Crippen LogP contribution in [0.5, 0.6) is 0 Å². The van der Waals surface area contributed by atoms with Gasteiger partial charge in [0.2, 0.25) is 0 Å². The van der Waals surface area contributed by atoms with E-state index in [4.69, 9.17) is 19.2 Å². The van der Waals surface area contributed by atoms with Gasteiger partial charge in [0.05, 0.1) is 0 Å². The van der Waals surface area contributed by atoms with Crippen molar-refractivity contribution in [1.29, 1.82) is 0 Å². The number of hydrogen-bond donors (Lipinski definition) is 3. The normalized spacial score (nSPS) is 7.38. The second kappa shape index (κ2) is 9.06. The van der Waals surface area contributed by atoms with Crippen molar-refractivity contribution in [2.24, 2.45) is 0 Å². The molecule has 0 rings (SSSR count). The predicted octanol–water partition coefficient (Wildman–Crippen LogP) is -3.94. The zero-order valence-corrected chi connectivity index (χ0v) is 7.83. The van der Waals surface area contributed by atoms with Crippen LogP contribution in [0.3, 0.4) is 0 Å². The molecule has 0 aromatic heterocycles. The Morgan fingerprint density at radius 1 is 1.12 bits per heavy atom. The molecule has 0 aliphatic carbocycles. The van der Waals surface area contributed by atoms with Crippen molar-refractivity contribution in [3.8, 4) is 0 Å². The molecule has 0 atom stereocenters. The maximum atomic E-state index is 8.88. The fourth-order valence-electron chi connectivity index (χ4n) is 0. The first-order valence-corrected chi connectivity index (χ1v) is 2.35. The van der Waals surface area contributed by atoms with E-state index in [1.54, 1.807) is 0 Å². The Morgan fingerprint density at radius 3 is 1.12 bits per heavy atom. The molecule has 0 amide bonds. The summed E-state index contributed by atoms with van der Waals surface area (Å²) in [4.78, 5) is 21.6. The number of hydrogen-bond acceptors (Lipinski definition) is 1. The topological polar surface area (TPSA) is 77.8 Å². The van der Waals surface area contributed by atoms with Crippen LogP contribution in [0.4, 0.5) is 0 Å². The Balaban J connectivity index is -0.0000000267. The van der Waals surface area contributed by atoms with Gasteiger partial charge in [0.1, 0.15) is 0 Å². The van der Waals surface area contributed by atoms with Crippen molar-refractivity contribution >= 4 is 68.5 Å². The fourth-order valence-corrected chi connectivity index (χ4v) is 0. The fraction of sp³-hybridized carbons (Fsp3) is 0. The summed E-state index contributed by atoms with van der Waals surface area (Å²) in [6.45, 7) is 0. The van der Waals surface area contributed by atoms with E-state index in [1.165, 1.54) is 0 Å². The Labute approximate surface area is 87.0 Å². The molecule has 8 heavy (non-hydrogen) atoms. The monoisotopic (exact) mass is 260 g/mol. The van der Waals surface area contributed by atoms with Crippen molar-refractivity contribution in [2.75, 3.05) is 0 Å². The molecule has 0 aromatic carbocycles. The van der Waals surface area contributed by atoms with Gasteiger partial charge in [-0.05, 0) is 0 Å². The Morgan fingerprint density at radius 2 is 1.12 bits per heavy atom. The zero-order chi connectivity index (χ0) is 4.50. The van der Waals surface area contributed by atoms with E-state index in [2.05, 4.69) is 0 Å². The van der Waals surface area contributed by atoms with Gasteiger partial charge in [0, 0.05) is 0 Å². The van der Waals surface area contributed by atoms with Crippen molar-refractivity contribution in [3.63, 3.8) is 0 Å². The number of phosphoric acid groups is 1. The Kier molecular flexibility index (Phi) is 25.5. The van der Waals surface area contributed by atoms with Gasteiger partial charge in [-0.2, -0.15) is 0 Å². The Hall–Kier alpha value is 2.06.